The summed E-state index contributed by atoms with van der Waals surface area (Å²) >= 11 is 0. The monoisotopic (exact) mass is 370 g/mol. The van der Waals surface area contributed by atoms with Gasteiger partial charge in [-0.2, -0.15) is 0 Å². The summed E-state index contributed by atoms with van der Waals surface area (Å²) in [4.78, 5) is 34.3. The number of piperidine rings is 1. The zero-order chi connectivity index (χ0) is 19.0. The van der Waals surface area contributed by atoms with Gasteiger partial charge in [0.05, 0.1) is 18.7 Å². The predicted octanol–water partition coefficient (Wildman–Crippen LogP) is 1.16. The van der Waals surface area contributed by atoms with Crippen molar-refractivity contribution in [2.75, 3.05) is 26.2 Å². The molecule has 2 aliphatic heterocycles. The molecule has 0 bridgehead atoms. The number of carbonyl (C=O) groups is 2. The summed E-state index contributed by atoms with van der Waals surface area (Å²) in [7, 11) is 0. The number of pyridine rings is 1. The second-order valence-corrected chi connectivity index (χ2v) is 7.61. The SMILES string of the molecule is Cc1cccn2c(CC(=O)N3CCCC34CCCN(CCO)C4=O)cnc12. The number of fused-ring (bicyclic) bond motifs is 1. The van der Waals surface area contributed by atoms with E-state index in [-0.39, 0.29) is 24.8 Å². The number of aryl methyl sites for hydroxylation is 1. The first-order valence-corrected chi connectivity index (χ1v) is 9.69. The fourth-order valence-electron chi connectivity index (χ4n) is 4.71. The van der Waals surface area contributed by atoms with Crippen LogP contribution in [0.15, 0.2) is 24.5 Å². The number of aliphatic hydroxyl groups excluding tert-OH is 1. The van der Waals surface area contributed by atoms with E-state index in [1.807, 2.05) is 29.7 Å². The molecule has 0 saturated carbocycles. The van der Waals surface area contributed by atoms with Gasteiger partial charge in [-0.25, -0.2) is 4.98 Å². The highest BCUT2D eigenvalue weighted by Crippen LogP contribution is 2.38. The quantitative estimate of drug-likeness (QED) is 0.876. The van der Waals surface area contributed by atoms with E-state index in [4.69, 9.17) is 0 Å². The summed E-state index contributed by atoms with van der Waals surface area (Å²) in [6.45, 7) is 3.58. The molecule has 2 aromatic heterocycles. The number of aromatic nitrogens is 2. The number of imidazole rings is 1. The van der Waals surface area contributed by atoms with Gasteiger partial charge in [-0.3, -0.25) is 9.59 Å². The Morgan fingerprint density at radius 1 is 1.30 bits per heavy atom. The lowest BCUT2D eigenvalue weighted by molar-refractivity contribution is -0.155. The summed E-state index contributed by atoms with van der Waals surface area (Å²) < 4.78 is 1.96. The maximum Gasteiger partial charge on any atom is 0.248 e. The van der Waals surface area contributed by atoms with Crippen molar-refractivity contribution in [1.29, 1.82) is 0 Å². The smallest absolute Gasteiger partial charge is 0.248 e. The number of carbonyl (C=O) groups excluding carboxylic acids is 2. The number of aliphatic hydroxyl groups is 1. The molecule has 2 fully saturated rings. The Bertz CT molecular complexity index is 875. The molecule has 2 aliphatic rings. The Balaban J connectivity index is 1.59. The van der Waals surface area contributed by atoms with Crippen molar-refractivity contribution in [3.8, 4) is 0 Å². The molecule has 2 saturated heterocycles. The molecule has 1 spiro atoms. The van der Waals surface area contributed by atoms with Gasteiger partial charge < -0.3 is 19.3 Å². The minimum atomic E-state index is -0.721. The fourth-order valence-corrected chi connectivity index (χ4v) is 4.71. The van der Waals surface area contributed by atoms with Crippen molar-refractivity contribution >= 4 is 17.5 Å². The molecule has 27 heavy (non-hydrogen) atoms. The van der Waals surface area contributed by atoms with E-state index in [0.717, 1.165) is 29.7 Å². The second-order valence-electron chi connectivity index (χ2n) is 7.61. The number of nitrogens with zero attached hydrogens (tertiary/aromatic N) is 4. The minimum absolute atomic E-state index is 0.00244. The summed E-state index contributed by atoms with van der Waals surface area (Å²) in [5.74, 6) is -0.0161. The number of hydrogen-bond acceptors (Lipinski definition) is 4. The Morgan fingerprint density at radius 2 is 2.07 bits per heavy atom. The largest absolute Gasteiger partial charge is 0.395 e. The lowest BCUT2D eigenvalue weighted by Gasteiger charge is -2.44. The fraction of sp³-hybridized carbons (Fsp3) is 0.550. The molecular weight excluding hydrogens is 344 g/mol. The lowest BCUT2D eigenvalue weighted by atomic mass is 9.85. The number of rotatable bonds is 4. The van der Waals surface area contributed by atoms with E-state index in [0.29, 0.717) is 32.5 Å². The van der Waals surface area contributed by atoms with Gasteiger partial charge in [0, 0.05) is 32.0 Å². The number of likely N-dealkylation sites (tertiary alicyclic amines) is 2. The third kappa shape index (κ3) is 2.90. The van der Waals surface area contributed by atoms with Gasteiger partial charge in [0.1, 0.15) is 11.2 Å². The maximum atomic E-state index is 13.2. The van der Waals surface area contributed by atoms with Gasteiger partial charge in [-0.1, -0.05) is 6.07 Å². The van der Waals surface area contributed by atoms with E-state index < -0.39 is 5.54 Å². The molecule has 0 radical (unpaired) electrons. The van der Waals surface area contributed by atoms with Crippen molar-refractivity contribution in [2.24, 2.45) is 0 Å². The molecule has 7 heteroatoms. The highest BCUT2D eigenvalue weighted by atomic mass is 16.3. The number of hydrogen-bond donors (Lipinski definition) is 1. The second kappa shape index (κ2) is 6.96. The maximum absolute atomic E-state index is 13.2. The summed E-state index contributed by atoms with van der Waals surface area (Å²) in [6.07, 6.45) is 7.05. The van der Waals surface area contributed by atoms with Crippen LogP contribution in [-0.4, -0.2) is 67.9 Å². The standard InChI is InChI=1S/C20H26N4O3/c1-15-5-2-9-23-16(14-21-18(15)23)13-17(26)24-10-4-7-20(24)6-3-8-22(11-12-25)19(20)27/h2,5,9,14,25H,3-4,6-8,10-13H2,1H3. The average molecular weight is 370 g/mol. The number of amides is 2. The van der Waals surface area contributed by atoms with Crippen LogP contribution in [0.3, 0.4) is 0 Å². The van der Waals surface area contributed by atoms with Gasteiger partial charge >= 0.3 is 0 Å². The van der Waals surface area contributed by atoms with Gasteiger partial charge in [-0.05, 0) is 44.2 Å². The van der Waals surface area contributed by atoms with Crippen LogP contribution < -0.4 is 0 Å². The highest BCUT2D eigenvalue weighted by Gasteiger charge is 2.52. The van der Waals surface area contributed by atoms with Crippen LogP contribution in [0.1, 0.15) is 36.9 Å². The van der Waals surface area contributed by atoms with Crippen molar-refractivity contribution in [2.45, 2.75) is 44.6 Å². The van der Waals surface area contributed by atoms with Crippen LogP contribution in [0, 0.1) is 6.92 Å². The zero-order valence-corrected chi connectivity index (χ0v) is 15.7. The molecule has 4 heterocycles. The molecule has 144 valence electrons. The normalized spacial score (nSPS) is 23.0. The van der Waals surface area contributed by atoms with E-state index in [1.54, 1.807) is 16.0 Å². The molecule has 2 aromatic rings. The Kier molecular flexibility index (Phi) is 4.63. The van der Waals surface area contributed by atoms with Crippen LogP contribution in [0.25, 0.3) is 5.65 Å². The number of β-amino-alcohol motifs (C(OH)–C–C–N with tert-alkyl or cyclic N) is 1. The average Bonchev–Trinajstić information content (AvgIpc) is 3.25. The third-order valence-corrected chi connectivity index (χ3v) is 6.00. The minimum Gasteiger partial charge on any atom is -0.395 e. The summed E-state index contributed by atoms with van der Waals surface area (Å²) in [5, 5.41) is 9.25. The van der Waals surface area contributed by atoms with Gasteiger partial charge in [0.2, 0.25) is 11.8 Å². The van der Waals surface area contributed by atoms with Gasteiger partial charge in [0.25, 0.3) is 0 Å². The summed E-state index contributed by atoms with van der Waals surface area (Å²) in [5.41, 5.74) is 2.05. The van der Waals surface area contributed by atoms with Crippen LogP contribution in [0.5, 0.6) is 0 Å². The van der Waals surface area contributed by atoms with E-state index in [9.17, 15) is 14.7 Å². The first-order valence-electron chi connectivity index (χ1n) is 9.69. The van der Waals surface area contributed by atoms with Crippen molar-refractivity contribution < 1.29 is 14.7 Å². The van der Waals surface area contributed by atoms with Crippen molar-refractivity contribution in [3.05, 3.63) is 35.8 Å². The van der Waals surface area contributed by atoms with E-state index >= 15 is 0 Å². The van der Waals surface area contributed by atoms with Crippen LogP contribution in [-0.2, 0) is 16.0 Å². The predicted molar refractivity (Wildman–Crippen MR) is 100 cm³/mol. The molecule has 7 nitrogen and oxygen atoms in total. The first kappa shape index (κ1) is 18.0. The molecule has 1 unspecified atom stereocenters. The van der Waals surface area contributed by atoms with E-state index in [2.05, 4.69) is 4.98 Å². The van der Waals surface area contributed by atoms with Crippen LogP contribution in [0.4, 0.5) is 0 Å². The van der Waals surface area contributed by atoms with Crippen molar-refractivity contribution in [3.63, 3.8) is 0 Å². The zero-order valence-electron chi connectivity index (χ0n) is 15.7. The Hall–Kier alpha value is -2.41. The molecule has 1 atom stereocenters. The molecule has 2 amide bonds. The van der Waals surface area contributed by atoms with Crippen molar-refractivity contribution in [1.82, 2.24) is 19.2 Å². The third-order valence-electron chi connectivity index (χ3n) is 6.00. The van der Waals surface area contributed by atoms with Crippen LogP contribution >= 0.6 is 0 Å². The molecule has 0 aromatic carbocycles. The van der Waals surface area contributed by atoms with Gasteiger partial charge in [-0.15, -0.1) is 0 Å². The summed E-state index contributed by atoms with van der Waals surface area (Å²) in [6, 6.07) is 3.95. The molecule has 4 rings (SSSR count). The molecule has 0 aliphatic carbocycles. The van der Waals surface area contributed by atoms with E-state index in [1.165, 1.54) is 0 Å². The lowest BCUT2D eigenvalue weighted by Crippen LogP contribution is -2.61. The molecular formula is C20H26N4O3. The first-order chi connectivity index (χ1) is 13.1. The van der Waals surface area contributed by atoms with Crippen LogP contribution in [0.2, 0.25) is 0 Å². The van der Waals surface area contributed by atoms with Gasteiger partial charge in [0.15, 0.2) is 0 Å². The topological polar surface area (TPSA) is 78.1 Å². The highest BCUT2D eigenvalue weighted by molar-refractivity contribution is 5.93. The Labute approximate surface area is 158 Å². The Morgan fingerprint density at radius 3 is 2.85 bits per heavy atom. The molecule has 1 N–H and O–H groups in total.